The number of ether oxygens (including phenoxy) is 1. The van der Waals surface area contributed by atoms with Crippen LogP contribution in [0.1, 0.15) is 26.3 Å². The van der Waals surface area contributed by atoms with Gasteiger partial charge in [0.2, 0.25) is 0 Å². The van der Waals surface area contributed by atoms with Crippen LogP contribution in [0.4, 0.5) is 0 Å². The second kappa shape index (κ2) is 8.02. The molecule has 0 heterocycles. The van der Waals surface area contributed by atoms with Crippen molar-refractivity contribution < 1.29 is 9.84 Å². The van der Waals surface area contributed by atoms with Crippen molar-refractivity contribution in [1.82, 2.24) is 5.32 Å². The summed E-state index contributed by atoms with van der Waals surface area (Å²) < 4.78 is 5.41. The highest BCUT2D eigenvalue weighted by Gasteiger charge is 2.14. The molecule has 0 amide bonds. The average molecular weight is 266 g/mol. The van der Waals surface area contributed by atoms with Gasteiger partial charge in [-0.1, -0.05) is 19.9 Å². The molecule has 0 saturated carbocycles. The van der Waals surface area contributed by atoms with Gasteiger partial charge in [-0.15, -0.1) is 0 Å². The highest BCUT2D eigenvalue weighted by atomic mass is 16.5. The monoisotopic (exact) mass is 266 g/mol. The first-order valence-corrected chi connectivity index (χ1v) is 6.96. The number of rotatable bonds is 8. The maximum atomic E-state index is 9.69. The molecule has 1 atom stereocenters. The number of nitrogens with one attached hydrogen (secondary N) is 1. The summed E-state index contributed by atoms with van der Waals surface area (Å²) in [6.07, 6.45) is 0.901. The topological polar surface area (TPSA) is 67.5 Å². The molecule has 0 aliphatic heterocycles. The summed E-state index contributed by atoms with van der Waals surface area (Å²) in [6, 6.07) is 5.93. The van der Waals surface area contributed by atoms with Crippen molar-refractivity contribution in [2.75, 3.05) is 19.7 Å². The molecule has 0 bridgehead atoms. The van der Waals surface area contributed by atoms with Gasteiger partial charge < -0.3 is 20.9 Å². The Balaban J connectivity index is 2.75. The van der Waals surface area contributed by atoms with Crippen molar-refractivity contribution in [1.29, 1.82) is 0 Å². The zero-order chi connectivity index (χ0) is 14.3. The standard InChI is InChI=1S/C15H26N2O2/c1-4-19-15-10-12(5-6-14(15)18)9-13(11(2)3)17-8-7-16/h5-6,10-11,13,17-18H,4,7-9,16H2,1-3H3. The Hall–Kier alpha value is -1.26. The van der Waals surface area contributed by atoms with Crippen molar-refractivity contribution in [3.05, 3.63) is 23.8 Å². The van der Waals surface area contributed by atoms with E-state index in [1.807, 2.05) is 19.1 Å². The van der Waals surface area contributed by atoms with E-state index in [0.717, 1.165) is 18.5 Å². The maximum Gasteiger partial charge on any atom is 0.161 e. The van der Waals surface area contributed by atoms with Crippen molar-refractivity contribution in [3.8, 4) is 11.5 Å². The number of hydrogen-bond donors (Lipinski definition) is 3. The van der Waals surface area contributed by atoms with Crippen LogP contribution in [0, 0.1) is 5.92 Å². The third-order valence-corrected chi connectivity index (χ3v) is 3.14. The number of aromatic hydroxyl groups is 1. The summed E-state index contributed by atoms with van der Waals surface area (Å²) >= 11 is 0. The van der Waals surface area contributed by atoms with E-state index in [4.69, 9.17) is 10.5 Å². The predicted molar refractivity (Wildman–Crippen MR) is 78.7 cm³/mol. The Morgan fingerprint density at radius 2 is 2.11 bits per heavy atom. The number of benzene rings is 1. The second-order valence-corrected chi connectivity index (χ2v) is 5.03. The smallest absolute Gasteiger partial charge is 0.161 e. The van der Waals surface area contributed by atoms with Crippen molar-refractivity contribution >= 4 is 0 Å². The Kier molecular flexibility index (Phi) is 6.67. The number of hydrogen-bond acceptors (Lipinski definition) is 4. The van der Waals surface area contributed by atoms with Gasteiger partial charge in [0, 0.05) is 19.1 Å². The first kappa shape index (κ1) is 15.8. The van der Waals surface area contributed by atoms with Gasteiger partial charge >= 0.3 is 0 Å². The second-order valence-electron chi connectivity index (χ2n) is 5.03. The van der Waals surface area contributed by atoms with Gasteiger partial charge in [-0.2, -0.15) is 0 Å². The summed E-state index contributed by atoms with van der Waals surface area (Å²) in [5.41, 5.74) is 6.70. The van der Waals surface area contributed by atoms with E-state index < -0.39 is 0 Å². The molecule has 4 nitrogen and oxygen atoms in total. The minimum Gasteiger partial charge on any atom is -0.504 e. The van der Waals surface area contributed by atoms with Gasteiger partial charge in [-0.05, 0) is 37.0 Å². The normalized spacial score (nSPS) is 12.7. The van der Waals surface area contributed by atoms with Gasteiger partial charge in [0.05, 0.1) is 6.61 Å². The van der Waals surface area contributed by atoms with Crippen LogP contribution in [0.2, 0.25) is 0 Å². The molecule has 0 aliphatic carbocycles. The van der Waals surface area contributed by atoms with Crippen LogP contribution in [0.5, 0.6) is 11.5 Å². The first-order chi connectivity index (χ1) is 9.08. The fourth-order valence-electron chi connectivity index (χ4n) is 2.02. The Bertz CT molecular complexity index is 380. The van der Waals surface area contributed by atoms with Crippen LogP contribution in [-0.2, 0) is 6.42 Å². The molecule has 1 unspecified atom stereocenters. The molecule has 1 aromatic rings. The number of phenolic OH excluding ortho intramolecular Hbond substituents is 1. The molecule has 0 radical (unpaired) electrons. The van der Waals surface area contributed by atoms with Gasteiger partial charge in [-0.3, -0.25) is 0 Å². The van der Waals surface area contributed by atoms with Crippen LogP contribution in [0.25, 0.3) is 0 Å². The lowest BCUT2D eigenvalue weighted by atomic mass is 9.96. The molecular weight excluding hydrogens is 240 g/mol. The van der Waals surface area contributed by atoms with E-state index in [0.29, 0.717) is 30.9 Å². The minimum absolute atomic E-state index is 0.196. The molecule has 0 spiro atoms. The lowest BCUT2D eigenvalue weighted by Crippen LogP contribution is -2.38. The zero-order valence-electron chi connectivity index (χ0n) is 12.1. The van der Waals surface area contributed by atoms with Crippen molar-refractivity contribution in [3.63, 3.8) is 0 Å². The van der Waals surface area contributed by atoms with E-state index >= 15 is 0 Å². The highest BCUT2D eigenvalue weighted by molar-refractivity contribution is 5.42. The largest absolute Gasteiger partial charge is 0.504 e. The third kappa shape index (κ3) is 5.09. The van der Waals surface area contributed by atoms with E-state index in [-0.39, 0.29) is 5.75 Å². The van der Waals surface area contributed by atoms with Crippen molar-refractivity contribution in [2.45, 2.75) is 33.2 Å². The van der Waals surface area contributed by atoms with E-state index in [9.17, 15) is 5.11 Å². The quantitative estimate of drug-likeness (QED) is 0.672. The molecule has 4 heteroatoms. The Morgan fingerprint density at radius 3 is 2.68 bits per heavy atom. The van der Waals surface area contributed by atoms with Crippen LogP contribution in [0.3, 0.4) is 0 Å². The average Bonchev–Trinajstić information content (AvgIpc) is 2.38. The van der Waals surface area contributed by atoms with Crippen LogP contribution in [0.15, 0.2) is 18.2 Å². The number of phenols is 1. The van der Waals surface area contributed by atoms with Gasteiger partial charge in [0.1, 0.15) is 0 Å². The minimum atomic E-state index is 0.196. The molecule has 0 fully saturated rings. The molecule has 4 N–H and O–H groups in total. The predicted octanol–water partition coefficient (Wildman–Crippen LogP) is 1.91. The summed E-state index contributed by atoms with van der Waals surface area (Å²) in [7, 11) is 0. The van der Waals surface area contributed by atoms with E-state index in [1.54, 1.807) is 6.07 Å². The lowest BCUT2D eigenvalue weighted by Gasteiger charge is -2.22. The molecule has 0 aliphatic rings. The number of nitrogens with two attached hydrogens (primary N) is 1. The summed E-state index contributed by atoms with van der Waals surface area (Å²) in [4.78, 5) is 0. The van der Waals surface area contributed by atoms with Crippen LogP contribution >= 0.6 is 0 Å². The SMILES string of the molecule is CCOc1cc(CC(NCCN)C(C)C)ccc1O. The summed E-state index contributed by atoms with van der Waals surface area (Å²) in [5.74, 6) is 1.28. The van der Waals surface area contributed by atoms with E-state index in [1.165, 1.54) is 0 Å². The molecule has 19 heavy (non-hydrogen) atoms. The molecule has 1 aromatic carbocycles. The third-order valence-electron chi connectivity index (χ3n) is 3.14. The highest BCUT2D eigenvalue weighted by Crippen LogP contribution is 2.27. The molecule has 108 valence electrons. The van der Waals surface area contributed by atoms with Gasteiger partial charge in [0.15, 0.2) is 11.5 Å². The molecule has 1 rings (SSSR count). The molecular formula is C15H26N2O2. The van der Waals surface area contributed by atoms with Crippen LogP contribution in [-0.4, -0.2) is 30.8 Å². The fourth-order valence-corrected chi connectivity index (χ4v) is 2.02. The molecule has 0 saturated heterocycles. The van der Waals surface area contributed by atoms with Gasteiger partial charge in [-0.25, -0.2) is 0 Å². The van der Waals surface area contributed by atoms with Crippen LogP contribution < -0.4 is 15.8 Å². The first-order valence-electron chi connectivity index (χ1n) is 6.96. The lowest BCUT2D eigenvalue weighted by molar-refractivity contribution is 0.317. The van der Waals surface area contributed by atoms with E-state index in [2.05, 4.69) is 19.2 Å². The maximum absolute atomic E-state index is 9.69. The Labute approximate surface area is 116 Å². The fraction of sp³-hybridized carbons (Fsp3) is 0.600. The van der Waals surface area contributed by atoms with Gasteiger partial charge in [0.25, 0.3) is 0 Å². The summed E-state index contributed by atoms with van der Waals surface area (Å²) in [5, 5.41) is 13.1. The Morgan fingerprint density at radius 1 is 1.37 bits per heavy atom. The zero-order valence-corrected chi connectivity index (χ0v) is 12.1. The summed E-state index contributed by atoms with van der Waals surface area (Å²) in [6.45, 7) is 8.31. The van der Waals surface area contributed by atoms with Crippen molar-refractivity contribution in [2.24, 2.45) is 11.7 Å². The molecule has 0 aromatic heterocycles.